The van der Waals surface area contributed by atoms with Gasteiger partial charge in [-0.2, -0.15) is 0 Å². The number of rotatable bonds is 9. The summed E-state index contributed by atoms with van der Waals surface area (Å²) in [7, 11) is 0. The van der Waals surface area contributed by atoms with Gasteiger partial charge in [0.25, 0.3) is 13.4 Å². The van der Waals surface area contributed by atoms with Crippen LogP contribution in [0.4, 0.5) is 85.3 Å². The standard InChI is InChI=1S/C93H59B2N5O2/c1-8-26-64(27-9-1)96(65-28-10-2-11-29-65)71-46-44-59-48-63-53-76-74(73(63)51-61(59)49-71)55-85-89-91(76)99(69-36-18-6-19-37-69)82-42-24-22-40-78(82)94(89)80-57-81-87(58-84(80)98(85)68-34-16-5-17-35-68)101-88-56-77-75-52-62-50-72(97(66-30-12-3-13-31-66)67-32-14-4-15-33-67)47-45-60(62)54-86(75)102-93(77)92-90(88)95(81)79-41-23-25-43-83(79)100(92)70-38-20-7-21-39-70/h1-52,54-58H,53H2. The molecule has 9 heteroatoms. The zero-order valence-corrected chi connectivity index (χ0v) is 55.3. The Kier molecular flexibility index (Phi) is 12.3. The van der Waals surface area contributed by atoms with Gasteiger partial charge >= 0.3 is 0 Å². The van der Waals surface area contributed by atoms with Crippen LogP contribution in [-0.2, 0) is 6.42 Å². The molecule has 0 N–H and O–H groups in total. The molecule has 0 saturated carbocycles. The lowest BCUT2D eigenvalue weighted by molar-refractivity contribution is 0.488. The van der Waals surface area contributed by atoms with Crippen molar-refractivity contribution in [2.24, 2.45) is 0 Å². The zero-order chi connectivity index (χ0) is 66.7. The topological polar surface area (TPSA) is 38.6 Å². The summed E-state index contributed by atoms with van der Waals surface area (Å²) in [6, 6.07) is 127. The maximum absolute atomic E-state index is 7.81. The first kappa shape index (κ1) is 56.8. The molecule has 4 aliphatic heterocycles. The average Bonchev–Trinajstić information content (AvgIpc) is 1.19. The highest BCUT2D eigenvalue weighted by Crippen LogP contribution is 2.55. The fourth-order valence-corrected chi connectivity index (χ4v) is 17.7. The van der Waals surface area contributed by atoms with Gasteiger partial charge in [0.1, 0.15) is 17.1 Å². The highest BCUT2D eigenvalue weighted by atomic mass is 16.5. The molecule has 0 saturated heterocycles. The highest BCUT2D eigenvalue weighted by Gasteiger charge is 2.50. The number of fused-ring (bicyclic) bond motifs is 18. The third-order valence-corrected chi connectivity index (χ3v) is 21.9. The fraction of sp³-hybridized carbons (Fsp3) is 0.0108. The Morgan fingerprint density at radius 3 is 1.33 bits per heavy atom. The van der Waals surface area contributed by atoms with Crippen molar-refractivity contribution in [3.63, 3.8) is 0 Å². The minimum absolute atomic E-state index is 0.162. The predicted octanol–water partition coefficient (Wildman–Crippen LogP) is 20.9. The summed E-state index contributed by atoms with van der Waals surface area (Å²) in [6.07, 6.45) is 0.782. The van der Waals surface area contributed by atoms with Gasteiger partial charge in [-0.15, -0.1) is 0 Å². The van der Waals surface area contributed by atoms with Crippen molar-refractivity contribution in [3.8, 4) is 22.6 Å². The molecule has 7 nitrogen and oxygen atoms in total. The number of ether oxygens (including phenoxy) is 1. The number of hydrogen-bond acceptors (Lipinski definition) is 7. The van der Waals surface area contributed by atoms with Crippen molar-refractivity contribution in [2.45, 2.75) is 6.42 Å². The van der Waals surface area contributed by atoms with Gasteiger partial charge in [0.2, 0.25) is 0 Å². The summed E-state index contributed by atoms with van der Waals surface area (Å²) in [5.41, 5.74) is 30.6. The Bertz CT molecular complexity index is 6220. The van der Waals surface area contributed by atoms with Gasteiger partial charge in [0.15, 0.2) is 5.58 Å². The molecule has 1 aliphatic carbocycles. The molecule has 1 aromatic heterocycles. The number of hydrogen-bond donors (Lipinski definition) is 0. The maximum atomic E-state index is 7.81. The lowest BCUT2D eigenvalue weighted by atomic mass is 9.30. The van der Waals surface area contributed by atoms with Crippen LogP contribution in [0.3, 0.4) is 0 Å². The van der Waals surface area contributed by atoms with Crippen molar-refractivity contribution < 1.29 is 9.15 Å². The molecule has 0 unspecified atom stereocenters. The first-order valence-electron chi connectivity index (χ1n) is 35.2. The van der Waals surface area contributed by atoms with Crippen LogP contribution in [0.5, 0.6) is 11.5 Å². The molecule has 102 heavy (non-hydrogen) atoms. The molecule has 0 amide bonds. The summed E-state index contributed by atoms with van der Waals surface area (Å²) in [5, 5.41) is 6.63. The van der Waals surface area contributed by atoms with Crippen LogP contribution in [0, 0.1) is 0 Å². The van der Waals surface area contributed by atoms with E-state index in [9.17, 15) is 0 Å². The normalized spacial score (nSPS) is 13.2. The number of furan rings is 1. The molecular weight excluding hydrogens is 1240 g/mol. The van der Waals surface area contributed by atoms with Crippen LogP contribution >= 0.6 is 0 Å². The van der Waals surface area contributed by atoms with E-state index in [2.05, 4.69) is 370 Å². The highest BCUT2D eigenvalue weighted by molar-refractivity contribution is 7.02. The Labute approximate surface area is 591 Å². The molecule has 0 atom stereocenters. The van der Waals surface area contributed by atoms with Crippen LogP contribution in [0.25, 0.3) is 54.6 Å². The van der Waals surface area contributed by atoms with E-state index in [0.29, 0.717) is 0 Å². The van der Waals surface area contributed by atoms with Gasteiger partial charge in [0, 0.05) is 108 Å². The van der Waals surface area contributed by atoms with E-state index in [4.69, 9.17) is 9.15 Å². The van der Waals surface area contributed by atoms with Crippen molar-refractivity contribution in [1.29, 1.82) is 0 Å². The number of anilines is 15. The van der Waals surface area contributed by atoms with Crippen LogP contribution in [0.15, 0.2) is 350 Å². The zero-order valence-electron chi connectivity index (χ0n) is 55.3. The molecule has 0 spiro atoms. The fourth-order valence-electron chi connectivity index (χ4n) is 17.7. The quantitative estimate of drug-likeness (QED) is 0.133. The van der Waals surface area contributed by atoms with Crippen molar-refractivity contribution >= 4 is 175 Å². The lowest BCUT2D eigenvalue weighted by Gasteiger charge is -2.46. The Morgan fingerprint density at radius 1 is 0.294 bits per heavy atom. The first-order chi connectivity index (χ1) is 50.6. The van der Waals surface area contributed by atoms with Crippen molar-refractivity contribution in [3.05, 3.63) is 357 Å². The second kappa shape index (κ2) is 22.1. The minimum atomic E-state index is -0.233. The average molecular weight is 1300 g/mol. The smallest absolute Gasteiger partial charge is 0.256 e. The van der Waals surface area contributed by atoms with Crippen LogP contribution < -0.4 is 62.0 Å². The molecule has 0 bridgehead atoms. The molecule has 22 rings (SSSR count). The van der Waals surface area contributed by atoms with E-state index in [1.54, 1.807) is 0 Å². The number of benzene rings is 16. The summed E-state index contributed by atoms with van der Waals surface area (Å²) in [6.45, 7) is -0.395. The SMILES string of the molecule is c1ccc(N(c2ccccc2)c2ccc3cc4c(cc3c2)-c2cc3c5c(c2C4)N(c2ccccc2)c2ccccc2B5c2cc4c(cc2N3c2ccccc2)Oc2cc3c(oc5cc6ccc(N(c7ccccc7)c7ccccc7)cc6cc53)c3c2B4c2ccccc2N3c2ccccc2)cc1. The summed E-state index contributed by atoms with van der Waals surface area (Å²) < 4.78 is 15.3. The minimum Gasteiger partial charge on any atom is -0.458 e. The van der Waals surface area contributed by atoms with E-state index >= 15 is 0 Å². The molecule has 474 valence electrons. The number of nitrogens with zero attached hydrogens (tertiary/aromatic N) is 5. The molecule has 16 aromatic carbocycles. The van der Waals surface area contributed by atoms with E-state index < -0.39 is 0 Å². The summed E-state index contributed by atoms with van der Waals surface area (Å²) >= 11 is 0. The Hall–Kier alpha value is -13.2. The van der Waals surface area contributed by atoms with E-state index in [1.807, 2.05) is 0 Å². The monoisotopic (exact) mass is 1300 g/mol. The largest absolute Gasteiger partial charge is 0.458 e. The third kappa shape index (κ3) is 8.45. The Morgan fingerprint density at radius 2 is 0.775 bits per heavy atom. The van der Waals surface area contributed by atoms with E-state index in [0.717, 1.165) is 135 Å². The van der Waals surface area contributed by atoms with Gasteiger partial charge in [-0.05, 0) is 223 Å². The second-order valence-electron chi connectivity index (χ2n) is 27.5. The van der Waals surface area contributed by atoms with E-state index in [-0.39, 0.29) is 13.4 Å². The molecule has 17 aromatic rings. The molecule has 5 aliphatic rings. The lowest BCUT2D eigenvalue weighted by Crippen LogP contribution is -2.64. The van der Waals surface area contributed by atoms with Crippen molar-refractivity contribution in [1.82, 2.24) is 0 Å². The van der Waals surface area contributed by atoms with Gasteiger partial charge in [-0.25, -0.2) is 0 Å². The van der Waals surface area contributed by atoms with Crippen molar-refractivity contribution in [2.75, 3.05) is 24.5 Å². The summed E-state index contributed by atoms with van der Waals surface area (Å²) in [5.74, 6) is 1.64. The predicted molar refractivity (Wildman–Crippen MR) is 426 cm³/mol. The molecule has 0 radical (unpaired) electrons. The molecular formula is C93H59B2N5O2. The van der Waals surface area contributed by atoms with E-state index in [1.165, 1.54) is 66.3 Å². The van der Waals surface area contributed by atoms with Crippen LogP contribution in [-0.4, -0.2) is 13.4 Å². The van der Waals surface area contributed by atoms with Gasteiger partial charge in [0.05, 0.1) is 5.69 Å². The summed E-state index contributed by atoms with van der Waals surface area (Å²) in [4.78, 5) is 12.3. The van der Waals surface area contributed by atoms with Gasteiger partial charge < -0.3 is 33.7 Å². The number of para-hydroxylation sites is 9. The third-order valence-electron chi connectivity index (χ3n) is 21.9. The first-order valence-corrected chi connectivity index (χ1v) is 35.2. The van der Waals surface area contributed by atoms with Gasteiger partial charge in [-0.1, -0.05) is 188 Å². The van der Waals surface area contributed by atoms with Crippen LogP contribution in [0.2, 0.25) is 0 Å². The Balaban J connectivity index is 0.772. The van der Waals surface area contributed by atoms with Crippen LogP contribution in [0.1, 0.15) is 11.1 Å². The van der Waals surface area contributed by atoms with Gasteiger partial charge in [-0.3, -0.25) is 0 Å². The maximum Gasteiger partial charge on any atom is 0.256 e. The molecule has 5 heterocycles. The molecule has 0 fully saturated rings. The second-order valence-corrected chi connectivity index (χ2v) is 27.5.